The van der Waals surface area contributed by atoms with E-state index in [4.69, 9.17) is 37.0 Å². The molecule has 17 nitrogen and oxygen atoms in total. The molecule has 0 aromatic heterocycles. The van der Waals surface area contributed by atoms with E-state index in [1.807, 2.05) is 0 Å². The van der Waals surface area contributed by atoms with Gasteiger partial charge in [0.1, 0.15) is 19.3 Å². The Bertz CT molecular complexity index is 1820. The van der Waals surface area contributed by atoms with Crippen LogP contribution in [0.4, 0.5) is 0 Å². The molecule has 0 aliphatic heterocycles. The highest BCUT2D eigenvalue weighted by Gasteiger charge is 2.30. The van der Waals surface area contributed by atoms with Gasteiger partial charge in [-0.05, 0) is 49.4 Å². The lowest BCUT2D eigenvalue weighted by molar-refractivity contribution is -0.161. The summed E-state index contributed by atoms with van der Waals surface area (Å²) in [7, 11) is -9.91. The number of rotatable bonds is 70. The average Bonchev–Trinajstić information content (AvgIpc) is 3.73. The normalized spacial score (nSPS) is 14.8. The van der Waals surface area contributed by atoms with Gasteiger partial charge < -0.3 is 33.8 Å². The number of unbranched alkanes of at least 4 members (excludes halogenated alkanes) is 34. The Morgan fingerprint density at radius 2 is 0.522 bits per heavy atom. The van der Waals surface area contributed by atoms with Crippen LogP contribution in [0.15, 0.2) is 0 Å². The van der Waals surface area contributed by atoms with Crippen molar-refractivity contribution in [3.63, 3.8) is 0 Å². The number of esters is 4. The predicted octanol–water partition coefficient (Wildman–Crippen LogP) is 20.9. The second-order valence-corrected chi connectivity index (χ2v) is 30.7. The van der Waals surface area contributed by atoms with E-state index in [1.165, 1.54) is 167 Å². The molecule has 546 valence electrons. The van der Waals surface area contributed by atoms with E-state index < -0.39 is 97.5 Å². The van der Waals surface area contributed by atoms with Crippen LogP contribution in [-0.4, -0.2) is 96.7 Å². The Hall–Kier alpha value is -1.94. The Kier molecular flexibility index (Phi) is 61.3. The first-order valence-corrected chi connectivity index (χ1v) is 40.8. The molecular weight excluding hydrogens is 1210 g/mol. The molecule has 0 heterocycles. The van der Waals surface area contributed by atoms with E-state index in [1.54, 1.807) is 0 Å². The van der Waals surface area contributed by atoms with E-state index in [0.717, 1.165) is 114 Å². The molecule has 3 N–H and O–H groups in total. The van der Waals surface area contributed by atoms with Gasteiger partial charge in [-0.2, -0.15) is 0 Å². The largest absolute Gasteiger partial charge is 0.472 e. The molecule has 92 heavy (non-hydrogen) atoms. The van der Waals surface area contributed by atoms with Crippen LogP contribution in [0, 0.1) is 23.7 Å². The topological polar surface area (TPSA) is 237 Å². The molecule has 0 fully saturated rings. The van der Waals surface area contributed by atoms with Crippen LogP contribution in [0.2, 0.25) is 0 Å². The van der Waals surface area contributed by atoms with Crippen LogP contribution in [0.5, 0.6) is 0 Å². The highest BCUT2D eigenvalue weighted by molar-refractivity contribution is 7.47. The third-order valence-corrected chi connectivity index (χ3v) is 19.4. The highest BCUT2D eigenvalue weighted by Crippen LogP contribution is 2.45. The molecule has 0 radical (unpaired) electrons. The molecule has 0 bridgehead atoms. The number of carbonyl (C=O) groups is 4. The fourth-order valence-electron chi connectivity index (χ4n) is 11.0. The summed E-state index contributed by atoms with van der Waals surface area (Å²) in [6.45, 7) is 14.2. The third-order valence-electron chi connectivity index (χ3n) is 17.5. The maximum absolute atomic E-state index is 13.1. The van der Waals surface area contributed by atoms with Gasteiger partial charge in [-0.1, -0.05) is 312 Å². The first-order chi connectivity index (χ1) is 44.2. The first-order valence-electron chi connectivity index (χ1n) is 37.8. The minimum atomic E-state index is -4.96. The van der Waals surface area contributed by atoms with E-state index in [-0.39, 0.29) is 25.7 Å². The summed E-state index contributed by atoms with van der Waals surface area (Å²) < 4.78 is 68.4. The zero-order valence-electron chi connectivity index (χ0n) is 60.2. The Balaban J connectivity index is 5.28. The molecule has 0 saturated heterocycles. The molecular formula is C73H142O17P2. The number of carbonyl (C=O) groups excluding carboxylic acids is 4. The summed E-state index contributed by atoms with van der Waals surface area (Å²) >= 11 is 0. The summed E-state index contributed by atoms with van der Waals surface area (Å²) in [5.74, 6) is 0.966. The molecule has 0 rings (SSSR count). The van der Waals surface area contributed by atoms with Gasteiger partial charge in [0.25, 0.3) is 0 Å². The van der Waals surface area contributed by atoms with Gasteiger partial charge in [0, 0.05) is 25.7 Å². The van der Waals surface area contributed by atoms with Crippen LogP contribution in [-0.2, 0) is 65.4 Å². The van der Waals surface area contributed by atoms with Crippen molar-refractivity contribution in [2.24, 2.45) is 23.7 Å². The third kappa shape index (κ3) is 64.1. The number of ether oxygens (including phenoxy) is 4. The lowest BCUT2D eigenvalue weighted by atomic mass is 9.99. The number of phosphoric acid groups is 2. The molecule has 0 aliphatic rings. The van der Waals surface area contributed by atoms with Crippen LogP contribution in [0.3, 0.4) is 0 Å². The number of hydrogen-bond acceptors (Lipinski definition) is 15. The monoisotopic (exact) mass is 1350 g/mol. The van der Waals surface area contributed by atoms with Gasteiger partial charge >= 0.3 is 39.5 Å². The lowest BCUT2D eigenvalue weighted by Gasteiger charge is -2.21. The maximum atomic E-state index is 13.1. The van der Waals surface area contributed by atoms with Gasteiger partial charge in [0.05, 0.1) is 26.4 Å². The summed E-state index contributed by atoms with van der Waals surface area (Å²) in [4.78, 5) is 72.7. The summed E-state index contributed by atoms with van der Waals surface area (Å²) in [6, 6.07) is 0. The van der Waals surface area contributed by atoms with Crippen molar-refractivity contribution in [1.29, 1.82) is 0 Å². The van der Waals surface area contributed by atoms with Crippen LogP contribution in [0.25, 0.3) is 0 Å². The van der Waals surface area contributed by atoms with Crippen molar-refractivity contribution in [2.45, 2.75) is 382 Å². The van der Waals surface area contributed by atoms with E-state index in [0.29, 0.717) is 25.7 Å². The minimum Gasteiger partial charge on any atom is -0.462 e. The van der Waals surface area contributed by atoms with Crippen molar-refractivity contribution < 1.29 is 80.2 Å². The lowest BCUT2D eigenvalue weighted by Crippen LogP contribution is -2.30. The van der Waals surface area contributed by atoms with Crippen molar-refractivity contribution in [2.75, 3.05) is 39.6 Å². The van der Waals surface area contributed by atoms with E-state index >= 15 is 0 Å². The molecule has 0 saturated carbocycles. The number of aliphatic hydroxyl groups is 1. The van der Waals surface area contributed by atoms with Gasteiger partial charge in [0.15, 0.2) is 12.2 Å². The maximum Gasteiger partial charge on any atom is 0.472 e. The van der Waals surface area contributed by atoms with Gasteiger partial charge in [0.2, 0.25) is 0 Å². The number of hydrogen-bond donors (Lipinski definition) is 3. The van der Waals surface area contributed by atoms with Crippen LogP contribution in [0.1, 0.15) is 364 Å². The zero-order chi connectivity index (χ0) is 68.2. The molecule has 4 unspecified atom stereocenters. The Labute approximate surface area is 562 Å². The Morgan fingerprint density at radius 1 is 0.304 bits per heavy atom. The van der Waals surface area contributed by atoms with Gasteiger partial charge in [-0.3, -0.25) is 37.3 Å². The fourth-order valence-corrected chi connectivity index (χ4v) is 12.5. The second-order valence-electron chi connectivity index (χ2n) is 27.8. The summed E-state index contributed by atoms with van der Waals surface area (Å²) in [6.07, 6.45) is 45.6. The minimum absolute atomic E-state index is 0.105. The van der Waals surface area contributed by atoms with Gasteiger partial charge in [-0.25, -0.2) is 9.13 Å². The molecule has 0 aromatic carbocycles. The van der Waals surface area contributed by atoms with E-state index in [2.05, 4.69) is 55.4 Å². The highest BCUT2D eigenvalue weighted by atomic mass is 31.2. The quantitative estimate of drug-likeness (QED) is 0.0222. The average molecular weight is 1350 g/mol. The van der Waals surface area contributed by atoms with E-state index in [9.17, 15) is 43.2 Å². The first kappa shape index (κ1) is 90.1. The van der Waals surface area contributed by atoms with Crippen molar-refractivity contribution in [1.82, 2.24) is 0 Å². The number of aliphatic hydroxyl groups excluding tert-OH is 1. The van der Waals surface area contributed by atoms with Gasteiger partial charge in [-0.15, -0.1) is 0 Å². The molecule has 7 atom stereocenters. The standard InChI is InChI=1S/C73H142O17P2/c1-9-65(7)51-43-35-27-19-13-16-22-32-40-48-56-73(78)89-68(59-83-70(75)53-45-37-29-20-14-11-17-25-33-41-49-63(3)4)61-87-91(79,80)85-57-67(74)58-86-92(81,82)88-62-69(60-84-71(76)54-46-38-30-24-23-28-36-44-52-66(8)10-2)90-72(77)55-47-39-31-21-15-12-18-26-34-42-50-64(5)6/h63-69,74H,9-62H2,1-8H3,(H,79,80)(H,81,82)/t65?,66?,67-,68-,69-/m1/s1. The van der Waals surface area contributed by atoms with Crippen LogP contribution >= 0.6 is 15.6 Å². The summed E-state index contributed by atoms with van der Waals surface area (Å²) in [5, 5.41) is 10.6. The summed E-state index contributed by atoms with van der Waals surface area (Å²) in [5.41, 5.74) is 0. The fraction of sp³-hybridized carbons (Fsp3) is 0.945. The SMILES string of the molecule is CCC(C)CCCCCCCCCCCCC(=O)O[C@H](COC(=O)CCCCCCCCCCCCC(C)C)COP(=O)(O)OC[C@@H](O)COP(=O)(O)OC[C@@H](COC(=O)CCCCCCCCCCC(C)CC)OC(=O)CCCCCCCCCCCCC(C)C. The van der Waals surface area contributed by atoms with Crippen molar-refractivity contribution in [3.8, 4) is 0 Å². The van der Waals surface area contributed by atoms with Crippen LogP contribution < -0.4 is 0 Å². The number of phosphoric ester groups is 2. The Morgan fingerprint density at radius 3 is 0.772 bits per heavy atom. The molecule has 0 spiro atoms. The zero-order valence-corrected chi connectivity index (χ0v) is 62.0. The second kappa shape index (κ2) is 62.6. The molecule has 0 aliphatic carbocycles. The molecule has 19 heteroatoms. The smallest absolute Gasteiger partial charge is 0.462 e. The van der Waals surface area contributed by atoms with Crippen molar-refractivity contribution >= 4 is 39.5 Å². The molecule has 0 aromatic rings. The van der Waals surface area contributed by atoms with Crippen molar-refractivity contribution in [3.05, 3.63) is 0 Å². The predicted molar refractivity (Wildman–Crippen MR) is 372 cm³/mol. The molecule has 0 amide bonds.